The Balaban J connectivity index is 4.08. The summed E-state index contributed by atoms with van der Waals surface area (Å²) in [5.74, 6) is -1.69. The first kappa shape index (κ1) is 18.6. The van der Waals surface area contributed by atoms with E-state index in [-0.39, 0.29) is 12.8 Å². The Labute approximate surface area is 122 Å². The maximum Gasteiger partial charge on any atom is 0.326 e. The van der Waals surface area contributed by atoms with Crippen LogP contribution in [0.3, 0.4) is 0 Å². The van der Waals surface area contributed by atoms with Gasteiger partial charge in [-0.2, -0.15) is 11.8 Å². The number of esters is 1. The Hall–Kier alpha value is -1.44. The van der Waals surface area contributed by atoms with Gasteiger partial charge in [0.1, 0.15) is 6.04 Å². The quantitative estimate of drug-likeness (QED) is 0.545. The lowest BCUT2D eigenvalue weighted by Gasteiger charge is -2.15. The van der Waals surface area contributed by atoms with Gasteiger partial charge in [-0.3, -0.25) is 4.79 Å². The molecule has 0 aliphatic rings. The fourth-order valence-electron chi connectivity index (χ4n) is 1.34. The number of methoxy groups -OCH3 is 1. The summed E-state index contributed by atoms with van der Waals surface area (Å²) >= 11 is 1.69. The number of carbonyl (C=O) groups excluding carboxylic acids is 2. The highest BCUT2D eigenvalue weighted by molar-refractivity contribution is 7.99. The summed E-state index contributed by atoms with van der Waals surface area (Å²) in [5, 5.41) is 14.3. The molecule has 0 radical (unpaired) electrons. The highest BCUT2D eigenvalue weighted by atomic mass is 32.2. The number of thioether (sulfide) groups is 1. The summed E-state index contributed by atoms with van der Waals surface area (Å²) in [6, 6.07) is -1.65. The molecule has 7 nitrogen and oxygen atoms in total. The van der Waals surface area contributed by atoms with Crippen LogP contribution in [-0.2, 0) is 14.3 Å². The fourth-order valence-corrected chi connectivity index (χ4v) is 1.69. The van der Waals surface area contributed by atoms with E-state index in [1.165, 1.54) is 7.11 Å². The van der Waals surface area contributed by atoms with Crippen LogP contribution >= 0.6 is 11.8 Å². The molecule has 0 bridgehead atoms. The molecule has 0 aliphatic carbocycles. The molecular weight excluding hydrogens is 284 g/mol. The number of carboxylic acid groups (broad SMARTS) is 1. The van der Waals surface area contributed by atoms with Crippen molar-refractivity contribution in [2.45, 2.75) is 37.5 Å². The number of amides is 2. The molecule has 0 aromatic heterocycles. The third kappa shape index (κ3) is 8.63. The Bertz CT molecular complexity index is 338. The fraction of sp³-hybridized carbons (Fsp3) is 0.750. The van der Waals surface area contributed by atoms with Crippen LogP contribution in [0.1, 0.15) is 26.2 Å². The van der Waals surface area contributed by atoms with E-state index in [0.29, 0.717) is 11.8 Å². The van der Waals surface area contributed by atoms with E-state index in [4.69, 9.17) is 5.11 Å². The van der Waals surface area contributed by atoms with Gasteiger partial charge in [0.25, 0.3) is 0 Å². The molecule has 0 saturated heterocycles. The van der Waals surface area contributed by atoms with Crippen LogP contribution in [0.5, 0.6) is 0 Å². The van der Waals surface area contributed by atoms with E-state index < -0.39 is 24.0 Å². The van der Waals surface area contributed by atoms with Gasteiger partial charge in [-0.05, 0) is 19.1 Å². The van der Waals surface area contributed by atoms with E-state index in [1.807, 2.05) is 13.2 Å². The van der Waals surface area contributed by atoms with Gasteiger partial charge >= 0.3 is 18.0 Å². The second-order valence-electron chi connectivity index (χ2n) is 4.24. The van der Waals surface area contributed by atoms with Crippen LogP contribution in [0, 0.1) is 0 Å². The van der Waals surface area contributed by atoms with Gasteiger partial charge in [-0.25, -0.2) is 9.59 Å². The molecule has 0 fully saturated rings. The third-order valence-corrected chi connectivity index (χ3v) is 3.75. The summed E-state index contributed by atoms with van der Waals surface area (Å²) < 4.78 is 4.43. The SMILES string of the molecule is COC(=O)CC[C@@H](NC(=O)NCCC(C)SC)C(=O)O. The average molecular weight is 306 g/mol. The predicted octanol–water partition coefficient (Wildman–Crippen LogP) is 0.834. The first-order valence-electron chi connectivity index (χ1n) is 6.27. The van der Waals surface area contributed by atoms with Crippen molar-refractivity contribution in [3.05, 3.63) is 0 Å². The van der Waals surface area contributed by atoms with Crippen LogP contribution in [0.25, 0.3) is 0 Å². The molecule has 0 aromatic rings. The highest BCUT2D eigenvalue weighted by Crippen LogP contribution is 2.07. The minimum atomic E-state index is -1.18. The van der Waals surface area contributed by atoms with Crippen molar-refractivity contribution in [2.75, 3.05) is 19.9 Å². The third-order valence-electron chi connectivity index (χ3n) is 2.71. The summed E-state index contributed by atoms with van der Waals surface area (Å²) in [5.41, 5.74) is 0. The van der Waals surface area contributed by atoms with Gasteiger partial charge in [0, 0.05) is 18.2 Å². The van der Waals surface area contributed by atoms with Crippen molar-refractivity contribution >= 4 is 29.7 Å². The summed E-state index contributed by atoms with van der Waals surface area (Å²) in [4.78, 5) is 33.5. The molecule has 2 amide bonds. The number of carbonyl (C=O) groups is 3. The normalized spacial score (nSPS) is 13.2. The van der Waals surface area contributed by atoms with E-state index >= 15 is 0 Å². The van der Waals surface area contributed by atoms with Crippen molar-refractivity contribution < 1.29 is 24.2 Å². The van der Waals surface area contributed by atoms with E-state index in [0.717, 1.165) is 6.42 Å². The molecule has 0 rings (SSSR count). The Morgan fingerprint density at radius 3 is 2.45 bits per heavy atom. The second kappa shape index (κ2) is 10.4. The number of carboxylic acids is 1. The summed E-state index contributed by atoms with van der Waals surface area (Å²) in [7, 11) is 1.23. The van der Waals surface area contributed by atoms with Crippen LogP contribution in [0.4, 0.5) is 4.79 Å². The second-order valence-corrected chi connectivity index (χ2v) is 5.52. The van der Waals surface area contributed by atoms with Crippen LogP contribution in [0.15, 0.2) is 0 Å². The van der Waals surface area contributed by atoms with E-state index in [9.17, 15) is 14.4 Å². The molecule has 1 unspecified atom stereocenters. The average Bonchev–Trinajstić information content (AvgIpc) is 2.42. The van der Waals surface area contributed by atoms with Crippen molar-refractivity contribution in [1.29, 1.82) is 0 Å². The maximum atomic E-state index is 11.5. The number of hydrogen-bond acceptors (Lipinski definition) is 5. The standard InChI is InChI=1S/C12H22N2O5S/c1-8(20-3)6-7-13-12(18)14-9(11(16)17)4-5-10(15)19-2/h8-9H,4-7H2,1-3H3,(H,16,17)(H2,13,14,18)/t8?,9-/m1/s1. The van der Waals surface area contributed by atoms with Gasteiger partial charge in [-0.1, -0.05) is 6.92 Å². The Morgan fingerprint density at radius 1 is 1.30 bits per heavy atom. The number of urea groups is 1. The van der Waals surface area contributed by atoms with Crippen molar-refractivity contribution in [1.82, 2.24) is 10.6 Å². The van der Waals surface area contributed by atoms with Gasteiger partial charge < -0.3 is 20.5 Å². The topological polar surface area (TPSA) is 105 Å². The zero-order chi connectivity index (χ0) is 15.5. The zero-order valence-electron chi connectivity index (χ0n) is 12.0. The minimum Gasteiger partial charge on any atom is -0.480 e. The largest absolute Gasteiger partial charge is 0.480 e. The molecule has 8 heteroatoms. The number of aliphatic carboxylic acids is 1. The Morgan fingerprint density at radius 2 is 1.95 bits per heavy atom. The highest BCUT2D eigenvalue weighted by Gasteiger charge is 2.21. The molecule has 20 heavy (non-hydrogen) atoms. The molecule has 0 aromatic carbocycles. The molecule has 3 N–H and O–H groups in total. The Kier molecular flexibility index (Phi) is 9.61. The monoisotopic (exact) mass is 306 g/mol. The molecule has 2 atom stereocenters. The van der Waals surface area contributed by atoms with Crippen molar-refractivity contribution in [3.63, 3.8) is 0 Å². The number of nitrogens with one attached hydrogen (secondary N) is 2. The smallest absolute Gasteiger partial charge is 0.326 e. The lowest BCUT2D eigenvalue weighted by Crippen LogP contribution is -2.46. The van der Waals surface area contributed by atoms with Gasteiger partial charge in [0.15, 0.2) is 0 Å². The van der Waals surface area contributed by atoms with E-state index in [1.54, 1.807) is 11.8 Å². The van der Waals surface area contributed by atoms with Crippen molar-refractivity contribution in [2.24, 2.45) is 0 Å². The summed E-state index contributed by atoms with van der Waals surface area (Å²) in [6.45, 7) is 2.51. The van der Waals surface area contributed by atoms with Crippen LogP contribution < -0.4 is 10.6 Å². The zero-order valence-corrected chi connectivity index (χ0v) is 12.8. The molecular formula is C12H22N2O5S. The minimum absolute atomic E-state index is 0.00333. The molecule has 116 valence electrons. The predicted molar refractivity (Wildman–Crippen MR) is 76.8 cm³/mol. The molecule has 0 saturated carbocycles. The number of ether oxygens (including phenoxy) is 1. The number of hydrogen-bond donors (Lipinski definition) is 3. The number of rotatable bonds is 9. The maximum absolute atomic E-state index is 11.5. The van der Waals surface area contributed by atoms with Crippen LogP contribution in [-0.4, -0.2) is 54.3 Å². The molecule has 0 heterocycles. The van der Waals surface area contributed by atoms with E-state index in [2.05, 4.69) is 15.4 Å². The van der Waals surface area contributed by atoms with Gasteiger partial charge in [-0.15, -0.1) is 0 Å². The van der Waals surface area contributed by atoms with Crippen molar-refractivity contribution in [3.8, 4) is 0 Å². The van der Waals surface area contributed by atoms with Gasteiger partial charge in [0.05, 0.1) is 7.11 Å². The van der Waals surface area contributed by atoms with Gasteiger partial charge in [0.2, 0.25) is 0 Å². The first-order chi connectivity index (χ1) is 9.40. The molecule has 0 spiro atoms. The van der Waals surface area contributed by atoms with Crippen LogP contribution in [0.2, 0.25) is 0 Å². The summed E-state index contributed by atoms with van der Waals surface area (Å²) in [6.07, 6.45) is 2.72. The lowest BCUT2D eigenvalue weighted by molar-refractivity contribution is -0.142. The lowest BCUT2D eigenvalue weighted by atomic mass is 10.1. The molecule has 0 aliphatic heterocycles. The first-order valence-corrected chi connectivity index (χ1v) is 7.56.